The van der Waals surface area contributed by atoms with Crippen molar-refractivity contribution in [3.05, 3.63) is 63.7 Å². The molecule has 0 amide bonds. The Morgan fingerprint density at radius 3 is 2.19 bits per heavy atom. The molecule has 6 nitrogen and oxygen atoms in total. The van der Waals surface area contributed by atoms with Crippen LogP contribution in [0.5, 0.6) is 5.75 Å². The minimum Gasteiger partial charge on any atom is -0.507 e. The van der Waals surface area contributed by atoms with E-state index in [-0.39, 0.29) is 11.4 Å². The topological polar surface area (TPSA) is 87.8 Å². The first kappa shape index (κ1) is 24.4. The Morgan fingerprint density at radius 1 is 0.968 bits per heavy atom. The van der Waals surface area contributed by atoms with Crippen LogP contribution in [-0.4, -0.2) is 15.7 Å². The Labute approximate surface area is 185 Å². The SMILES string of the molecule is CCCCCCCCCCCC(=NNc1ccc([N+](=O)[O-])cc1)c1cc(C)ccc1O. The summed E-state index contributed by atoms with van der Waals surface area (Å²) in [6, 6.07) is 11.7. The first-order chi connectivity index (χ1) is 15.0. The minimum atomic E-state index is -0.424. The zero-order chi connectivity index (χ0) is 22.5. The summed E-state index contributed by atoms with van der Waals surface area (Å²) < 4.78 is 0. The van der Waals surface area contributed by atoms with Crippen LogP contribution < -0.4 is 5.43 Å². The number of unbranched alkanes of at least 4 members (excludes halogenated alkanes) is 8. The van der Waals surface area contributed by atoms with Crippen LogP contribution in [0.2, 0.25) is 0 Å². The van der Waals surface area contributed by atoms with E-state index in [1.165, 1.54) is 57.1 Å². The summed E-state index contributed by atoms with van der Waals surface area (Å²) in [5, 5.41) is 25.7. The number of hydrogen-bond donors (Lipinski definition) is 2. The molecule has 0 heterocycles. The number of aromatic hydroxyl groups is 1. The van der Waals surface area contributed by atoms with Gasteiger partial charge in [-0.15, -0.1) is 0 Å². The van der Waals surface area contributed by atoms with Gasteiger partial charge in [0.1, 0.15) is 5.75 Å². The van der Waals surface area contributed by atoms with E-state index in [9.17, 15) is 15.2 Å². The van der Waals surface area contributed by atoms with Crippen LogP contribution in [0.3, 0.4) is 0 Å². The molecule has 0 aliphatic heterocycles. The van der Waals surface area contributed by atoms with Crippen molar-refractivity contribution < 1.29 is 10.0 Å². The molecule has 2 aromatic rings. The van der Waals surface area contributed by atoms with Gasteiger partial charge in [-0.05, 0) is 44.0 Å². The molecule has 0 unspecified atom stereocenters. The number of phenolic OH excluding ortho intramolecular Hbond substituents is 1. The van der Waals surface area contributed by atoms with Crippen molar-refractivity contribution in [2.75, 3.05) is 5.43 Å². The first-order valence-corrected chi connectivity index (χ1v) is 11.4. The minimum absolute atomic E-state index is 0.0424. The maximum absolute atomic E-state index is 10.8. The number of hydrogen-bond acceptors (Lipinski definition) is 5. The lowest BCUT2D eigenvalue weighted by atomic mass is 10.00. The second kappa shape index (κ2) is 13.4. The van der Waals surface area contributed by atoms with Gasteiger partial charge in [-0.1, -0.05) is 69.9 Å². The molecule has 168 valence electrons. The number of nitro benzene ring substituents is 1. The smallest absolute Gasteiger partial charge is 0.269 e. The lowest BCUT2D eigenvalue weighted by molar-refractivity contribution is -0.384. The Hall–Kier alpha value is -2.89. The number of benzene rings is 2. The summed E-state index contributed by atoms with van der Waals surface area (Å²) >= 11 is 0. The molecule has 6 heteroatoms. The van der Waals surface area contributed by atoms with Crippen LogP contribution in [0, 0.1) is 17.0 Å². The van der Waals surface area contributed by atoms with Crippen LogP contribution in [-0.2, 0) is 0 Å². The largest absolute Gasteiger partial charge is 0.507 e. The van der Waals surface area contributed by atoms with E-state index >= 15 is 0 Å². The lowest BCUT2D eigenvalue weighted by Gasteiger charge is -2.11. The molecule has 2 N–H and O–H groups in total. The maximum atomic E-state index is 10.8. The van der Waals surface area contributed by atoms with Crippen molar-refractivity contribution in [1.82, 2.24) is 0 Å². The van der Waals surface area contributed by atoms with Crippen LogP contribution in [0.15, 0.2) is 47.6 Å². The van der Waals surface area contributed by atoms with Gasteiger partial charge in [-0.2, -0.15) is 5.10 Å². The standard InChI is InChI=1S/C25H35N3O3/c1-3-4-5-6-7-8-9-10-11-12-24(23-19-20(2)13-18-25(23)29)27-26-21-14-16-22(17-15-21)28(30)31/h13-19,26,29H,3-12H2,1-2H3. The molecule has 0 aromatic heterocycles. The summed E-state index contributed by atoms with van der Waals surface area (Å²) in [5.74, 6) is 0.214. The van der Waals surface area contributed by atoms with Crippen molar-refractivity contribution in [1.29, 1.82) is 0 Å². The van der Waals surface area contributed by atoms with Gasteiger partial charge in [0.25, 0.3) is 5.69 Å². The van der Waals surface area contributed by atoms with E-state index in [2.05, 4.69) is 17.5 Å². The highest BCUT2D eigenvalue weighted by molar-refractivity contribution is 6.03. The second-order valence-electron chi connectivity index (χ2n) is 8.07. The highest BCUT2D eigenvalue weighted by Crippen LogP contribution is 2.23. The molecule has 0 bridgehead atoms. The van der Waals surface area contributed by atoms with Gasteiger partial charge in [-0.25, -0.2) is 0 Å². The molecule has 0 aliphatic rings. The molecule has 0 saturated carbocycles. The predicted octanol–water partition coefficient (Wildman–Crippen LogP) is 7.35. The summed E-state index contributed by atoms with van der Waals surface area (Å²) in [6.45, 7) is 4.23. The summed E-state index contributed by atoms with van der Waals surface area (Å²) in [7, 11) is 0. The van der Waals surface area contributed by atoms with Crippen LogP contribution >= 0.6 is 0 Å². The number of nitrogens with zero attached hydrogens (tertiary/aromatic N) is 2. The molecule has 2 aromatic carbocycles. The monoisotopic (exact) mass is 425 g/mol. The van der Waals surface area contributed by atoms with Crippen molar-refractivity contribution in [3.63, 3.8) is 0 Å². The van der Waals surface area contributed by atoms with Crippen LogP contribution in [0.25, 0.3) is 0 Å². The Balaban J connectivity index is 1.96. The first-order valence-electron chi connectivity index (χ1n) is 11.4. The highest BCUT2D eigenvalue weighted by Gasteiger charge is 2.10. The molecule has 0 radical (unpaired) electrons. The van der Waals surface area contributed by atoms with Gasteiger partial charge in [0.15, 0.2) is 0 Å². The third-order valence-electron chi connectivity index (χ3n) is 5.38. The Bertz CT molecular complexity index is 848. The van der Waals surface area contributed by atoms with Crippen LogP contribution in [0.1, 0.15) is 82.3 Å². The van der Waals surface area contributed by atoms with Crippen LogP contribution in [0.4, 0.5) is 11.4 Å². The molecule has 31 heavy (non-hydrogen) atoms. The fourth-order valence-corrected chi connectivity index (χ4v) is 3.52. The lowest BCUT2D eigenvalue weighted by Crippen LogP contribution is -2.06. The number of nitrogens with one attached hydrogen (secondary N) is 1. The Kier molecular flexibility index (Phi) is 10.6. The number of hydrazone groups is 1. The third kappa shape index (κ3) is 8.79. The number of anilines is 1. The van der Waals surface area contributed by atoms with E-state index < -0.39 is 4.92 Å². The summed E-state index contributed by atoms with van der Waals surface area (Å²) in [6.07, 6.45) is 12.0. The van der Waals surface area contributed by atoms with Gasteiger partial charge in [0.2, 0.25) is 0 Å². The Morgan fingerprint density at radius 2 is 1.58 bits per heavy atom. The van der Waals surface area contributed by atoms with Gasteiger partial charge in [0.05, 0.1) is 16.3 Å². The zero-order valence-corrected chi connectivity index (χ0v) is 18.8. The average molecular weight is 426 g/mol. The van der Waals surface area contributed by atoms with Gasteiger partial charge >= 0.3 is 0 Å². The van der Waals surface area contributed by atoms with E-state index in [1.54, 1.807) is 18.2 Å². The molecule has 0 spiro atoms. The van der Waals surface area contributed by atoms with Crippen molar-refractivity contribution in [2.45, 2.75) is 78.1 Å². The van der Waals surface area contributed by atoms with E-state index in [4.69, 9.17) is 0 Å². The number of non-ortho nitro benzene ring substituents is 1. The predicted molar refractivity (Wildman–Crippen MR) is 128 cm³/mol. The van der Waals surface area contributed by atoms with Gasteiger partial charge in [0, 0.05) is 17.7 Å². The highest BCUT2D eigenvalue weighted by atomic mass is 16.6. The molecule has 0 aliphatic carbocycles. The quantitative estimate of drug-likeness (QED) is 0.143. The fourth-order valence-electron chi connectivity index (χ4n) is 3.52. The van der Waals surface area contributed by atoms with Crippen molar-refractivity contribution in [3.8, 4) is 5.75 Å². The van der Waals surface area contributed by atoms with Crippen molar-refractivity contribution >= 4 is 17.1 Å². The number of nitro groups is 1. The van der Waals surface area contributed by atoms with E-state index in [0.29, 0.717) is 5.69 Å². The molecule has 0 fully saturated rings. The zero-order valence-electron chi connectivity index (χ0n) is 18.8. The molecular weight excluding hydrogens is 390 g/mol. The molecule has 0 saturated heterocycles. The third-order valence-corrected chi connectivity index (χ3v) is 5.38. The van der Waals surface area contributed by atoms with E-state index in [0.717, 1.165) is 36.1 Å². The second-order valence-corrected chi connectivity index (χ2v) is 8.07. The fraction of sp³-hybridized carbons (Fsp3) is 0.480. The summed E-state index contributed by atoms with van der Waals surface area (Å²) in [5.41, 5.74) is 6.29. The number of aryl methyl sites for hydroxylation is 1. The van der Waals surface area contributed by atoms with E-state index in [1.807, 2.05) is 19.1 Å². The van der Waals surface area contributed by atoms with Gasteiger partial charge in [-0.3, -0.25) is 15.5 Å². The maximum Gasteiger partial charge on any atom is 0.269 e. The number of rotatable bonds is 14. The normalized spacial score (nSPS) is 11.5. The molecular formula is C25H35N3O3. The molecule has 0 atom stereocenters. The number of phenols is 1. The molecule has 2 rings (SSSR count). The van der Waals surface area contributed by atoms with Gasteiger partial charge < -0.3 is 5.11 Å². The van der Waals surface area contributed by atoms with Crippen molar-refractivity contribution in [2.24, 2.45) is 5.10 Å². The summed E-state index contributed by atoms with van der Waals surface area (Å²) in [4.78, 5) is 10.4. The average Bonchev–Trinajstić information content (AvgIpc) is 2.76.